The van der Waals surface area contributed by atoms with E-state index in [1.54, 1.807) is 13.2 Å². The van der Waals surface area contributed by atoms with Crippen LogP contribution in [0.2, 0.25) is 0 Å². The van der Waals surface area contributed by atoms with Crippen LogP contribution in [0.1, 0.15) is 18.4 Å². The average Bonchev–Trinajstić information content (AvgIpc) is 2.71. The van der Waals surface area contributed by atoms with Crippen LogP contribution in [0.15, 0.2) is 69.9 Å². The Labute approximate surface area is 167 Å². The lowest BCUT2D eigenvalue weighted by Crippen LogP contribution is -2.00. The number of carbonyl (C=O) groups is 1. The minimum atomic E-state index is -0.787. The Morgan fingerprint density at radius 3 is 2.72 bits per heavy atom. The molecular weight excluding hydrogens is 368 g/mol. The monoisotopic (exact) mass is 388 g/mol. The number of aliphatic carboxylic acids is 1. The standard InChI is InChI=1S/C24H20O5/c1-28-18-9-11-20-22(14-18)29-21-13-17(25)8-10-19(21)24(20)16-6-2-4-15(12-16)5-3-7-23(26)27/h2,4,6,8-14H,3,5,7H2,1H3,(H,26,27). The zero-order valence-electron chi connectivity index (χ0n) is 16.0. The summed E-state index contributed by atoms with van der Waals surface area (Å²) in [6.07, 6.45) is 1.42. The zero-order chi connectivity index (χ0) is 20.4. The maximum Gasteiger partial charge on any atom is 0.303 e. The fourth-order valence-electron chi connectivity index (χ4n) is 3.61. The average molecular weight is 388 g/mol. The summed E-state index contributed by atoms with van der Waals surface area (Å²) in [5.74, 6) is 0.405. The molecule has 4 rings (SSSR count). The molecule has 29 heavy (non-hydrogen) atoms. The van der Waals surface area contributed by atoms with Crippen LogP contribution in [0.3, 0.4) is 0 Å². The van der Waals surface area contributed by atoms with E-state index in [1.165, 1.54) is 12.1 Å². The number of methoxy groups -OCH3 is 1. The van der Waals surface area contributed by atoms with Crippen molar-refractivity contribution in [2.75, 3.05) is 7.11 Å². The highest BCUT2D eigenvalue weighted by atomic mass is 16.5. The quantitative estimate of drug-likeness (QED) is 0.471. The Hall–Kier alpha value is -3.60. The number of hydrogen-bond donors (Lipinski definition) is 1. The number of rotatable bonds is 6. The van der Waals surface area contributed by atoms with E-state index in [2.05, 4.69) is 6.07 Å². The van der Waals surface area contributed by atoms with Crippen molar-refractivity contribution in [2.24, 2.45) is 0 Å². The van der Waals surface area contributed by atoms with E-state index in [0.717, 1.165) is 27.6 Å². The van der Waals surface area contributed by atoms with Gasteiger partial charge < -0.3 is 14.3 Å². The van der Waals surface area contributed by atoms with Gasteiger partial charge in [-0.25, -0.2) is 0 Å². The van der Waals surface area contributed by atoms with Gasteiger partial charge in [-0.15, -0.1) is 0 Å². The number of carboxylic acids is 1. The Balaban J connectivity index is 1.89. The van der Waals surface area contributed by atoms with Crippen LogP contribution in [0.4, 0.5) is 0 Å². The molecule has 2 aromatic rings. The first-order chi connectivity index (χ1) is 14.0. The summed E-state index contributed by atoms with van der Waals surface area (Å²) in [4.78, 5) is 22.7. The minimum Gasteiger partial charge on any atom is -0.497 e. The number of aryl methyl sites for hydroxylation is 1. The molecule has 0 spiro atoms. The second-order valence-corrected chi connectivity index (χ2v) is 6.94. The highest BCUT2D eigenvalue weighted by Gasteiger charge is 2.18. The zero-order valence-corrected chi connectivity index (χ0v) is 16.0. The number of ether oxygens (including phenoxy) is 1. The van der Waals surface area contributed by atoms with Crippen LogP contribution >= 0.6 is 0 Å². The molecule has 0 amide bonds. The molecule has 0 bridgehead atoms. The maximum absolute atomic E-state index is 11.9. The van der Waals surface area contributed by atoms with Crippen molar-refractivity contribution in [1.29, 1.82) is 0 Å². The second-order valence-electron chi connectivity index (χ2n) is 6.94. The van der Waals surface area contributed by atoms with Crippen molar-refractivity contribution in [2.45, 2.75) is 19.3 Å². The van der Waals surface area contributed by atoms with E-state index in [0.29, 0.717) is 29.9 Å². The van der Waals surface area contributed by atoms with Gasteiger partial charge in [0.25, 0.3) is 0 Å². The topological polar surface area (TPSA) is 76.7 Å². The van der Waals surface area contributed by atoms with Gasteiger partial charge in [0, 0.05) is 35.1 Å². The fourth-order valence-corrected chi connectivity index (χ4v) is 3.61. The molecule has 1 N–H and O–H groups in total. The van der Waals surface area contributed by atoms with Gasteiger partial charge in [-0.05, 0) is 48.2 Å². The molecule has 0 atom stereocenters. The molecule has 0 saturated heterocycles. The number of carboxylic acid groups (broad SMARTS) is 1. The van der Waals surface area contributed by atoms with E-state index in [9.17, 15) is 9.59 Å². The number of fused-ring (bicyclic) bond motifs is 2. The first-order valence-corrected chi connectivity index (χ1v) is 9.41. The van der Waals surface area contributed by atoms with Crippen LogP contribution in [0, 0.1) is 0 Å². The van der Waals surface area contributed by atoms with Crippen LogP contribution in [0.5, 0.6) is 5.75 Å². The van der Waals surface area contributed by atoms with Crippen LogP contribution < -0.4 is 10.2 Å². The van der Waals surface area contributed by atoms with E-state index in [1.807, 2.05) is 36.4 Å². The lowest BCUT2D eigenvalue weighted by molar-refractivity contribution is -0.137. The molecule has 0 aromatic heterocycles. The van der Waals surface area contributed by atoms with Crippen molar-refractivity contribution < 1.29 is 19.1 Å². The Morgan fingerprint density at radius 1 is 1.07 bits per heavy atom. The summed E-state index contributed by atoms with van der Waals surface area (Å²) >= 11 is 0. The van der Waals surface area contributed by atoms with E-state index in [4.69, 9.17) is 14.3 Å². The second kappa shape index (κ2) is 7.80. The van der Waals surface area contributed by atoms with Gasteiger partial charge in [-0.1, -0.05) is 24.3 Å². The summed E-state index contributed by atoms with van der Waals surface area (Å²) < 4.78 is 11.3. The van der Waals surface area contributed by atoms with Gasteiger partial charge in [0.2, 0.25) is 0 Å². The number of hydrogen-bond acceptors (Lipinski definition) is 4. The van der Waals surface area contributed by atoms with E-state index in [-0.39, 0.29) is 11.8 Å². The smallest absolute Gasteiger partial charge is 0.303 e. The number of benzene rings is 3. The van der Waals surface area contributed by atoms with Gasteiger partial charge in [-0.3, -0.25) is 9.59 Å². The molecule has 5 heteroatoms. The van der Waals surface area contributed by atoms with Crippen LogP contribution in [0.25, 0.3) is 33.4 Å². The lowest BCUT2D eigenvalue weighted by atomic mass is 9.92. The van der Waals surface area contributed by atoms with Crippen molar-refractivity contribution in [3.05, 3.63) is 76.5 Å². The first-order valence-electron chi connectivity index (χ1n) is 9.41. The largest absolute Gasteiger partial charge is 0.497 e. The molecule has 1 heterocycles. The Bertz CT molecular complexity index is 1220. The fraction of sp³-hybridized carbons (Fsp3) is 0.167. The predicted octanol–water partition coefficient (Wildman–Crippen LogP) is 4.98. The van der Waals surface area contributed by atoms with Gasteiger partial charge >= 0.3 is 5.97 Å². The summed E-state index contributed by atoms with van der Waals surface area (Å²) in [5.41, 5.74) is 4.41. The third-order valence-electron chi connectivity index (χ3n) is 4.97. The molecule has 146 valence electrons. The summed E-state index contributed by atoms with van der Waals surface area (Å²) in [6, 6.07) is 18.5. The van der Waals surface area contributed by atoms with Crippen molar-refractivity contribution in [3.8, 4) is 28.2 Å². The molecular formula is C24H20O5. The normalized spacial score (nSPS) is 11.1. The van der Waals surface area contributed by atoms with Crippen LogP contribution in [-0.4, -0.2) is 18.2 Å². The van der Waals surface area contributed by atoms with Gasteiger partial charge in [0.15, 0.2) is 5.43 Å². The van der Waals surface area contributed by atoms with E-state index < -0.39 is 5.97 Å². The van der Waals surface area contributed by atoms with Gasteiger partial charge in [-0.2, -0.15) is 0 Å². The molecule has 2 aliphatic rings. The highest BCUT2D eigenvalue weighted by molar-refractivity contribution is 6.02. The molecule has 0 fully saturated rings. The summed E-state index contributed by atoms with van der Waals surface area (Å²) in [6.45, 7) is 0. The molecule has 0 saturated carbocycles. The molecule has 0 radical (unpaired) electrons. The summed E-state index contributed by atoms with van der Waals surface area (Å²) in [5, 5.41) is 9.80. The van der Waals surface area contributed by atoms with Gasteiger partial charge in [0.05, 0.1) is 7.11 Å². The molecule has 1 aliphatic heterocycles. The van der Waals surface area contributed by atoms with E-state index >= 15 is 0 Å². The molecule has 1 aliphatic carbocycles. The predicted molar refractivity (Wildman–Crippen MR) is 112 cm³/mol. The highest BCUT2D eigenvalue weighted by Crippen LogP contribution is 2.40. The minimum absolute atomic E-state index is 0.114. The van der Waals surface area contributed by atoms with Crippen molar-refractivity contribution >= 4 is 16.9 Å². The molecule has 2 aromatic carbocycles. The Morgan fingerprint density at radius 2 is 1.93 bits per heavy atom. The van der Waals surface area contributed by atoms with Crippen molar-refractivity contribution in [1.82, 2.24) is 0 Å². The maximum atomic E-state index is 11.9. The van der Waals surface area contributed by atoms with Gasteiger partial charge in [0.1, 0.15) is 17.1 Å². The third kappa shape index (κ3) is 3.85. The third-order valence-corrected chi connectivity index (χ3v) is 4.97. The summed E-state index contributed by atoms with van der Waals surface area (Å²) in [7, 11) is 1.60. The Kier molecular flexibility index (Phi) is 5.04. The molecule has 0 unspecified atom stereocenters. The first kappa shape index (κ1) is 18.7. The lowest BCUT2D eigenvalue weighted by Gasteiger charge is -2.16. The van der Waals surface area contributed by atoms with Crippen molar-refractivity contribution in [3.63, 3.8) is 0 Å². The van der Waals surface area contributed by atoms with Crippen LogP contribution in [-0.2, 0) is 11.2 Å². The SMILES string of the molecule is COc1ccc2c(-c3cccc(CCCC(=O)O)c3)c3ccc(=O)cc-3oc2c1. The molecule has 5 nitrogen and oxygen atoms in total.